The third-order valence-electron chi connectivity index (χ3n) is 6.66. The Balaban J connectivity index is 1.61. The summed E-state index contributed by atoms with van der Waals surface area (Å²) in [5, 5.41) is 2.83. The van der Waals surface area contributed by atoms with Gasteiger partial charge in [-0.3, -0.25) is 14.0 Å². The van der Waals surface area contributed by atoms with Crippen molar-refractivity contribution in [3.8, 4) is 0 Å². The number of aryl methyl sites for hydroxylation is 1. The first-order valence-corrected chi connectivity index (χ1v) is 13.0. The van der Waals surface area contributed by atoms with Gasteiger partial charge < -0.3 is 10.2 Å². The number of nitrogens with zero attached hydrogens (tertiary/aromatic N) is 3. The monoisotopic (exact) mass is 534 g/mol. The molecular weight excluding hydrogens is 510 g/mol. The largest absolute Gasteiger partial charge is 0.416 e. The highest BCUT2D eigenvalue weighted by Crippen LogP contribution is 2.48. The third-order valence-corrected chi connectivity index (χ3v) is 7.33. The summed E-state index contributed by atoms with van der Waals surface area (Å²) in [5.74, 6) is -0.205. The van der Waals surface area contributed by atoms with Crippen molar-refractivity contribution in [2.24, 2.45) is 0 Å². The van der Waals surface area contributed by atoms with E-state index in [0.29, 0.717) is 37.1 Å². The van der Waals surface area contributed by atoms with E-state index in [2.05, 4.69) is 15.3 Å². The fourth-order valence-corrected chi connectivity index (χ4v) is 5.31. The lowest BCUT2D eigenvalue weighted by Gasteiger charge is -2.32. The van der Waals surface area contributed by atoms with E-state index in [0.717, 1.165) is 11.8 Å². The molecule has 13 heteroatoms. The van der Waals surface area contributed by atoms with Crippen LogP contribution in [0.15, 0.2) is 30.5 Å². The number of alkyl halides is 6. The molecule has 0 saturated carbocycles. The van der Waals surface area contributed by atoms with Crippen LogP contribution >= 0.6 is 0 Å². The van der Waals surface area contributed by atoms with Crippen LogP contribution < -0.4 is 10.2 Å². The minimum Gasteiger partial charge on any atom is -0.355 e. The maximum atomic E-state index is 14.3. The van der Waals surface area contributed by atoms with Crippen molar-refractivity contribution in [2.45, 2.75) is 49.5 Å². The number of rotatable bonds is 5. The summed E-state index contributed by atoms with van der Waals surface area (Å²) >= 11 is 0. The SMILES string of the molecule is CS(=O)CC(=O)NC1CCCc2nc(N3CCC(c4cc(C(F)(F)F)ccn4)(C(F)(F)F)C3)ccc21. The summed E-state index contributed by atoms with van der Waals surface area (Å²) in [5.41, 5.74) is -3.02. The van der Waals surface area contributed by atoms with Gasteiger partial charge in [0.2, 0.25) is 5.91 Å². The Bertz CT molecular complexity index is 1170. The van der Waals surface area contributed by atoms with Crippen LogP contribution in [-0.2, 0) is 33.6 Å². The second-order valence-corrected chi connectivity index (χ2v) is 10.5. The van der Waals surface area contributed by atoms with Crippen LogP contribution in [0.3, 0.4) is 0 Å². The van der Waals surface area contributed by atoms with Crippen molar-refractivity contribution in [1.29, 1.82) is 0 Å². The molecule has 1 fully saturated rings. The number of hydrogen-bond donors (Lipinski definition) is 1. The number of fused-ring (bicyclic) bond motifs is 1. The van der Waals surface area contributed by atoms with Gasteiger partial charge in [0.1, 0.15) is 17.0 Å². The lowest BCUT2D eigenvalue weighted by molar-refractivity contribution is -0.186. The molecular formula is C23H24F6N4O2S. The summed E-state index contributed by atoms with van der Waals surface area (Å²) in [4.78, 5) is 21.8. The van der Waals surface area contributed by atoms with Gasteiger partial charge in [-0.05, 0) is 49.4 Å². The maximum absolute atomic E-state index is 14.3. The molecule has 1 N–H and O–H groups in total. The minimum atomic E-state index is -4.83. The Morgan fingerprint density at radius 3 is 2.64 bits per heavy atom. The topological polar surface area (TPSA) is 75.2 Å². The number of amides is 1. The van der Waals surface area contributed by atoms with E-state index in [1.165, 1.54) is 11.2 Å². The molecule has 0 spiro atoms. The molecule has 2 aromatic heterocycles. The Labute approximate surface area is 205 Å². The number of carbonyl (C=O) groups excluding carboxylic acids is 1. The number of anilines is 1. The summed E-state index contributed by atoms with van der Waals surface area (Å²) in [6, 6.07) is 4.06. The van der Waals surface area contributed by atoms with Crippen LogP contribution in [0, 0.1) is 0 Å². The summed E-state index contributed by atoms with van der Waals surface area (Å²) in [7, 11) is -1.29. The second kappa shape index (κ2) is 9.64. The molecule has 6 nitrogen and oxygen atoms in total. The molecule has 196 valence electrons. The molecule has 2 aliphatic rings. The van der Waals surface area contributed by atoms with Gasteiger partial charge in [-0.15, -0.1) is 0 Å². The molecule has 0 radical (unpaired) electrons. The van der Waals surface area contributed by atoms with Gasteiger partial charge in [-0.25, -0.2) is 4.98 Å². The van der Waals surface area contributed by atoms with Crippen LogP contribution in [0.4, 0.5) is 32.2 Å². The Morgan fingerprint density at radius 1 is 1.22 bits per heavy atom. The average Bonchev–Trinajstić information content (AvgIpc) is 3.25. The number of pyridine rings is 2. The fourth-order valence-electron chi connectivity index (χ4n) is 4.85. The van der Waals surface area contributed by atoms with E-state index >= 15 is 0 Å². The quantitative estimate of drug-likeness (QED) is 0.586. The van der Waals surface area contributed by atoms with E-state index in [-0.39, 0.29) is 30.1 Å². The van der Waals surface area contributed by atoms with Crippen LogP contribution in [0.5, 0.6) is 0 Å². The molecule has 1 aliphatic heterocycles. The van der Waals surface area contributed by atoms with Crippen LogP contribution in [0.1, 0.15) is 47.8 Å². The Hall–Kier alpha value is -2.70. The maximum Gasteiger partial charge on any atom is 0.416 e. The number of aromatic nitrogens is 2. The molecule has 1 aliphatic carbocycles. The minimum absolute atomic E-state index is 0.0638. The zero-order chi connectivity index (χ0) is 26.3. The number of halogens is 6. The molecule has 36 heavy (non-hydrogen) atoms. The van der Waals surface area contributed by atoms with Crippen molar-refractivity contribution >= 4 is 22.5 Å². The lowest BCUT2D eigenvalue weighted by Crippen LogP contribution is -2.45. The smallest absolute Gasteiger partial charge is 0.355 e. The van der Waals surface area contributed by atoms with Crippen LogP contribution in [0.2, 0.25) is 0 Å². The van der Waals surface area contributed by atoms with Gasteiger partial charge in [0, 0.05) is 42.0 Å². The highest BCUT2D eigenvalue weighted by Gasteiger charge is 2.60. The molecule has 3 atom stereocenters. The molecule has 3 unspecified atom stereocenters. The zero-order valence-electron chi connectivity index (χ0n) is 19.2. The molecule has 0 aromatic carbocycles. The average molecular weight is 535 g/mol. The van der Waals surface area contributed by atoms with E-state index in [4.69, 9.17) is 0 Å². The number of hydrogen-bond acceptors (Lipinski definition) is 5. The molecule has 1 saturated heterocycles. The molecule has 0 bridgehead atoms. The Kier molecular flexibility index (Phi) is 7.06. The van der Waals surface area contributed by atoms with Crippen molar-refractivity contribution in [3.05, 3.63) is 53.0 Å². The summed E-state index contributed by atoms with van der Waals surface area (Å²) in [6.45, 7) is -0.676. The van der Waals surface area contributed by atoms with E-state index < -0.39 is 52.8 Å². The first kappa shape index (κ1) is 26.4. The van der Waals surface area contributed by atoms with Crippen molar-refractivity contribution in [1.82, 2.24) is 15.3 Å². The normalized spacial score (nSPS) is 23.3. The lowest BCUT2D eigenvalue weighted by atomic mass is 9.81. The Morgan fingerprint density at radius 2 is 1.97 bits per heavy atom. The highest BCUT2D eigenvalue weighted by molar-refractivity contribution is 7.85. The first-order valence-electron chi connectivity index (χ1n) is 11.2. The van der Waals surface area contributed by atoms with Gasteiger partial charge >= 0.3 is 12.4 Å². The van der Waals surface area contributed by atoms with Gasteiger partial charge in [0.25, 0.3) is 0 Å². The zero-order valence-corrected chi connectivity index (χ0v) is 20.1. The predicted octanol–water partition coefficient (Wildman–Crippen LogP) is 4.08. The van der Waals surface area contributed by atoms with E-state index in [1.807, 2.05) is 0 Å². The van der Waals surface area contributed by atoms with Crippen molar-refractivity contribution < 1.29 is 35.3 Å². The van der Waals surface area contributed by atoms with E-state index in [9.17, 15) is 35.3 Å². The van der Waals surface area contributed by atoms with Gasteiger partial charge in [-0.1, -0.05) is 6.07 Å². The van der Waals surface area contributed by atoms with Crippen LogP contribution in [-0.4, -0.2) is 51.4 Å². The standard InChI is InChI=1S/C23H24F6N4O2S/c1-36(35)12-20(34)32-17-4-2-3-16-15(17)5-6-19(31-16)33-10-8-21(13-33,23(27,28)29)18-11-14(7-9-30-18)22(24,25)26/h5-7,9,11,17H,2-4,8,10,12-13H2,1H3,(H,32,34). The molecule has 4 rings (SSSR count). The second-order valence-electron chi connectivity index (χ2n) is 9.11. The molecule has 2 aromatic rings. The van der Waals surface area contributed by atoms with Crippen molar-refractivity contribution in [2.75, 3.05) is 30.0 Å². The summed E-state index contributed by atoms with van der Waals surface area (Å²) < 4.78 is 93.8. The van der Waals surface area contributed by atoms with Crippen molar-refractivity contribution in [3.63, 3.8) is 0 Å². The third kappa shape index (κ3) is 5.21. The fraction of sp³-hybridized carbons (Fsp3) is 0.522. The molecule has 1 amide bonds. The number of carbonyl (C=O) groups is 1. The van der Waals surface area contributed by atoms with E-state index in [1.54, 1.807) is 12.1 Å². The number of nitrogens with one attached hydrogen (secondary N) is 1. The first-order chi connectivity index (χ1) is 16.8. The highest BCUT2D eigenvalue weighted by atomic mass is 32.2. The van der Waals surface area contributed by atoms with Gasteiger partial charge in [0.15, 0.2) is 0 Å². The summed E-state index contributed by atoms with van der Waals surface area (Å²) in [6.07, 6.45) is -5.98. The van der Waals surface area contributed by atoms with Gasteiger partial charge in [0.05, 0.1) is 17.3 Å². The predicted molar refractivity (Wildman–Crippen MR) is 121 cm³/mol. The van der Waals surface area contributed by atoms with Gasteiger partial charge in [-0.2, -0.15) is 26.3 Å². The van der Waals surface area contributed by atoms with Crippen LogP contribution in [0.25, 0.3) is 0 Å². The molecule has 3 heterocycles.